The molecule has 0 radical (unpaired) electrons. The summed E-state index contributed by atoms with van der Waals surface area (Å²) in [5, 5.41) is 3.67. The van der Waals surface area contributed by atoms with Gasteiger partial charge in [0.05, 0.1) is 0 Å². The molecule has 2 aromatic carbocycles. The Bertz CT molecular complexity index is 1050. The van der Waals surface area contributed by atoms with Gasteiger partial charge in [-0.3, -0.25) is 4.79 Å². The summed E-state index contributed by atoms with van der Waals surface area (Å²) in [4.78, 5) is 19.5. The Morgan fingerprint density at radius 3 is 2.61 bits per heavy atom. The Morgan fingerprint density at radius 2 is 1.97 bits per heavy atom. The summed E-state index contributed by atoms with van der Waals surface area (Å²) in [5.74, 6) is 0.341. The minimum Gasteiger partial charge on any atom is -0.492 e. The number of carbonyl (C=O) groups is 1. The van der Waals surface area contributed by atoms with Crippen molar-refractivity contribution in [1.29, 1.82) is 0 Å². The van der Waals surface area contributed by atoms with E-state index in [0.717, 1.165) is 11.4 Å². The summed E-state index contributed by atoms with van der Waals surface area (Å²) in [6.07, 6.45) is 0.506. The number of anilines is 3. The van der Waals surface area contributed by atoms with Crippen molar-refractivity contribution in [3.05, 3.63) is 64.3 Å². The van der Waals surface area contributed by atoms with Crippen molar-refractivity contribution in [2.75, 3.05) is 31.8 Å². The summed E-state index contributed by atoms with van der Waals surface area (Å²) < 4.78 is 19.5. The summed E-state index contributed by atoms with van der Waals surface area (Å²) in [6, 6.07) is 12.2. The minimum atomic E-state index is -0.317. The molecular weight excluding hydrogens is 415 g/mol. The number of ether oxygens (including phenoxy) is 1. The monoisotopic (exact) mass is 442 g/mol. The van der Waals surface area contributed by atoms with Gasteiger partial charge in [0.15, 0.2) is 5.13 Å². The van der Waals surface area contributed by atoms with Gasteiger partial charge in [-0.05, 0) is 75.5 Å². The van der Waals surface area contributed by atoms with Crippen LogP contribution in [0.1, 0.15) is 34.6 Å². The topological polar surface area (TPSA) is 80.5 Å². The number of likely N-dealkylation sites (N-methyl/N-ethyl adjacent to an activating group) is 1. The lowest BCUT2D eigenvalue weighted by Gasteiger charge is -2.20. The van der Waals surface area contributed by atoms with Crippen molar-refractivity contribution in [1.82, 2.24) is 9.88 Å². The summed E-state index contributed by atoms with van der Waals surface area (Å²) >= 11 is 1.17. The highest BCUT2D eigenvalue weighted by Gasteiger charge is 2.19. The first-order chi connectivity index (χ1) is 14.8. The van der Waals surface area contributed by atoms with Crippen molar-refractivity contribution in [2.45, 2.75) is 26.3 Å². The fraction of sp³-hybridized carbons (Fsp3) is 0.304. The molecule has 0 aliphatic carbocycles. The van der Waals surface area contributed by atoms with Gasteiger partial charge in [0, 0.05) is 17.3 Å². The summed E-state index contributed by atoms with van der Waals surface area (Å²) in [7, 11) is 4.02. The van der Waals surface area contributed by atoms with E-state index in [4.69, 9.17) is 10.5 Å². The van der Waals surface area contributed by atoms with E-state index in [1.807, 2.05) is 45.3 Å². The maximum atomic E-state index is 13.7. The third kappa shape index (κ3) is 5.59. The number of carbonyl (C=O) groups excluding carboxylic acids is 1. The zero-order chi connectivity index (χ0) is 22.5. The van der Waals surface area contributed by atoms with Crippen LogP contribution in [0.2, 0.25) is 0 Å². The quantitative estimate of drug-likeness (QED) is 0.466. The number of aryl methyl sites for hydroxylation is 1. The Morgan fingerprint density at radius 1 is 1.26 bits per heavy atom. The highest BCUT2D eigenvalue weighted by Crippen LogP contribution is 2.30. The Balaban J connectivity index is 1.69. The molecule has 1 atom stereocenters. The Labute approximate surface area is 185 Å². The van der Waals surface area contributed by atoms with Gasteiger partial charge in [-0.1, -0.05) is 18.3 Å². The zero-order valence-electron chi connectivity index (χ0n) is 18.1. The van der Waals surface area contributed by atoms with Crippen LogP contribution in [0.15, 0.2) is 42.5 Å². The molecule has 0 aliphatic rings. The molecule has 0 saturated carbocycles. The van der Waals surface area contributed by atoms with Gasteiger partial charge in [0.1, 0.15) is 28.9 Å². The average Bonchev–Trinajstić information content (AvgIpc) is 3.12. The van der Waals surface area contributed by atoms with E-state index in [1.54, 1.807) is 6.07 Å². The van der Waals surface area contributed by atoms with Gasteiger partial charge >= 0.3 is 0 Å². The number of halogens is 1. The SMILES string of the molecule is CCc1cc(C(=O)c2sc(Nc3ccc(OCC(C)N(C)C)cc3)nc2N)ccc1F. The number of ketones is 1. The molecule has 8 heteroatoms. The second-order valence-corrected chi connectivity index (χ2v) is 8.49. The molecular formula is C23H27FN4O2S. The van der Waals surface area contributed by atoms with Crippen molar-refractivity contribution in [3.8, 4) is 5.75 Å². The molecule has 31 heavy (non-hydrogen) atoms. The van der Waals surface area contributed by atoms with Gasteiger partial charge in [0.2, 0.25) is 5.78 Å². The van der Waals surface area contributed by atoms with Crippen LogP contribution >= 0.6 is 11.3 Å². The van der Waals surface area contributed by atoms with Crippen LogP contribution < -0.4 is 15.8 Å². The molecule has 3 aromatic rings. The van der Waals surface area contributed by atoms with Gasteiger partial charge in [-0.15, -0.1) is 0 Å². The van der Waals surface area contributed by atoms with E-state index < -0.39 is 0 Å². The molecule has 1 aromatic heterocycles. The van der Waals surface area contributed by atoms with Gasteiger partial charge < -0.3 is 20.7 Å². The van der Waals surface area contributed by atoms with E-state index >= 15 is 0 Å². The lowest BCUT2D eigenvalue weighted by molar-refractivity contribution is 0.104. The van der Waals surface area contributed by atoms with Crippen LogP contribution in [0.25, 0.3) is 0 Å². The number of nitrogens with two attached hydrogens (primary N) is 1. The maximum Gasteiger partial charge on any atom is 0.206 e. The molecule has 1 unspecified atom stereocenters. The van der Waals surface area contributed by atoms with Gasteiger partial charge in [-0.25, -0.2) is 9.37 Å². The summed E-state index contributed by atoms with van der Waals surface area (Å²) in [6.45, 7) is 4.53. The molecule has 0 aliphatic heterocycles. The Kier molecular flexibility index (Phi) is 7.25. The molecule has 0 fully saturated rings. The molecule has 164 valence electrons. The van der Waals surface area contributed by atoms with Gasteiger partial charge in [-0.2, -0.15) is 0 Å². The van der Waals surface area contributed by atoms with E-state index in [1.165, 1.54) is 23.5 Å². The molecule has 3 rings (SSSR count). The molecule has 0 saturated heterocycles. The van der Waals surface area contributed by atoms with Crippen molar-refractivity contribution < 1.29 is 13.9 Å². The normalized spacial score (nSPS) is 12.1. The molecule has 0 spiro atoms. The zero-order valence-corrected chi connectivity index (χ0v) is 18.9. The fourth-order valence-corrected chi connectivity index (χ4v) is 3.66. The van der Waals surface area contributed by atoms with Crippen LogP contribution in [0, 0.1) is 5.82 Å². The molecule has 1 heterocycles. The predicted octanol–water partition coefficient (Wildman–Crippen LogP) is 4.73. The molecule has 0 amide bonds. The van der Waals surface area contributed by atoms with E-state index in [-0.39, 0.29) is 17.4 Å². The number of hydrogen-bond acceptors (Lipinski definition) is 7. The lowest BCUT2D eigenvalue weighted by atomic mass is 10.0. The number of nitrogens with zero attached hydrogens (tertiary/aromatic N) is 2. The Hall–Kier alpha value is -2.97. The standard InChI is InChI=1S/C23H27FN4O2S/c1-5-15-12-16(6-11-19(15)24)20(29)21-22(25)27-23(31-21)26-17-7-9-18(10-8-17)30-13-14(2)28(3)4/h6-12,14H,5,13,25H2,1-4H3,(H,26,27). The number of thiazole rings is 1. The van der Waals surface area contributed by atoms with E-state index in [2.05, 4.69) is 22.1 Å². The van der Waals surface area contributed by atoms with Crippen molar-refractivity contribution in [3.63, 3.8) is 0 Å². The number of hydrogen-bond donors (Lipinski definition) is 2. The van der Waals surface area contributed by atoms with Crippen LogP contribution in [-0.2, 0) is 6.42 Å². The van der Waals surface area contributed by atoms with Crippen LogP contribution in [-0.4, -0.2) is 42.4 Å². The largest absolute Gasteiger partial charge is 0.492 e. The first kappa shape index (κ1) is 22.7. The first-order valence-corrected chi connectivity index (χ1v) is 10.9. The van der Waals surface area contributed by atoms with Crippen LogP contribution in [0.4, 0.5) is 21.0 Å². The van der Waals surface area contributed by atoms with E-state index in [0.29, 0.717) is 40.2 Å². The average molecular weight is 443 g/mol. The van der Waals surface area contributed by atoms with Crippen LogP contribution in [0.3, 0.4) is 0 Å². The summed E-state index contributed by atoms with van der Waals surface area (Å²) in [5.41, 5.74) is 7.68. The smallest absolute Gasteiger partial charge is 0.206 e. The maximum absolute atomic E-state index is 13.7. The lowest BCUT2D eigenvalue weighted by Crippen LogP contribution is -2.30. The second-order valence-electron chi connectivity index (χ2n) is 7.50. The predicted molar refractivity (Wildman–Crippen MR) is 124 cm³/mol. The molecule has 3 N–H and O–H groups in total. The minimum absolute atomic E-state index is 0.150. The highest BCUT2D eigenvalue weighted by atomic mass is 32.1. The number of nitrogen functional groups attached to an aromatic ring is 1. The van der Waals surface area contributed by atoms with Gasteiger partial charge in [0.25, 0.3) is 0 Å². The fourth-order valence-electron chi connectivity index (χ4n) is 2.79. The number of benzene rings is 2. The number of rotatable bonds is 9. The van der Waals surface area contributed by atoms with E-state index in [9.17, 15) is 9.18 Å². The van der Waals surface area contributed by atoms with Crippen molar-refractivity contribution in [2.24, 2.45) is 0 Å². The molecule has 6 nitrogen and oxygen atoms in total. The molecule has 0 bridgehead atoms. The van der Waals surface area contributed by atoms with Crippen LogP contribution in [0.5, 0.6) is 5.75 Å². The number of nitrogens with one attached hydrogen (secondary N) is 1. The third-order valence-electron chi connectivity index (χ3n) is 5.03. The highest BCUT2D eigenvalue weighted by molar-refractivity contribution is 7.18. The van der Waals surface area contributed by atoms with Crippen molar-refractivity contribution >= 4 is 33.8 Å². The number of aromatic nitrogens is 1. The first-order valence-electron chi connectivity index (χ1n) is 10.0. The second kappa shape index (κ2) is 9.89. The third-order valence-corrected chi connectivity index (χ3v) is 6.01.